The van der Waals surface area contributed by atoms with Gasteiger partial charge in [0.05, 0.1) is 11.2 Å². The smallest absolute Gasteiger partial charge is 0.0723 e. The Labute approximate surface area is 161 Å². The van der Waals surface area contributed by atoms with Crippen LogP contribution in [0, 0.1) is 6.92 Å². The van der Waals surface area contributed by atoms with E-state index < -0.39 is 0 Å². The van der Waals surface area contributed by atoms with Gasteiger partial charge in [-0.25, -0.2) is 0 Å². The Bertz CT molecular complexity index is 946. The molecule has 0 amide bonds. The van der Waals surface area contributed by atoms with Gasteiger partial charge in [0.15, 0.2) is 0 Å². The summed E-state index contributed by atoms with van der Waals surface area (Å²) < 4.78 is 0. The number of nitrogens with zero attached hydrogens (tertiary/aromatic N) is 3. The highest BCUT2D eigenvalue weighted by Crippen LogP contribution is 2.30. The fourth-order valence-electron chi connectivity index (χ4n) is 3.77. The maximum Gasteiger partial charge on any atom is 0.0723 e. The zero-order valence-electron chi connectivity index (χ0n) is 16.7. The van der Waals surface area contributed by atoms with Crippen molar-refractivity contribution >= 4 is 28.0 Å². The number of hydrogen-bond donors (Lipinski definition) is 1. The first kappa shape index (κ1) is 17.8. The van der Waals surface area contributed by atoms with Crippen LogP contribution in [0.2, 0.25) is 0 Å². The molecule has 2 aromatic carbocycles. The summed E-state index contributed by atoms with van der Waals surface area (Å²) in [5.41, 5.74) is 5.89. The summed E-state index contributed by atoms with van der Waals surface area (Å²) in [5, 5.41) is 4.76. The number of nitrogens with one attached hydrogen (secondary N) is 1. The summed E-state index contributed by atoms with van der Waals surface area (Å²) in [6, 6.07) is 17.1. The molecule has 4 nitrogen and oxygen atoms in total. The number of para-hydroxylation sites is 1. The number of anilines is 3. The number of likely N-dealkylation sites (N-methyl/N-ethyl adjacent to an activating group) is 1. The van der Waals surface area contributed by atoms with Crippen molar-refractivity contribution in [1.29, 1.82) is 0 Å². The zero-order chi connectivity index (χ0) is 19.0. The van der Waals surface area contributed by atoms with Gasteiger partial charge < -0.3 is 10.2 Å². The van der Waals surface area contributed by atoms with E-state index in [-0.39, 0.29) is 5.54 Å². The standard InChI is InChI=1S/C23H28N4/c1-17-15-24-21-8-6-5-7-20(21)22(17)25-18-9-11-19(12-10-18)27-14-13-26(4)23(2,3)16-27/h5-12,15H,13-14,16H2,1-4H3,(H,24,25). The van der Waals surface area contributed by atoms with Gasteiger partial charge in [0.25, 0.3) is 0 Å². The molecule has 27 heavy (non-hydrogen) atoms. The second-order valence-corrected chi connectivity index (χ2v) is 8.16. The van der Waals surface area contributed by atoms with Crippen molar-refractivity contribution in [2.24, 2.45) is 0 Å². The minimum absolute atomic E-state index is 0.197. The highest BCUT2D eigenvalue weighted by molar-refractivity contribution is 5.94. The van der Waals surface area contributed by atoms with Gasteiger partial charge in [-0.2, -0.15) is 0 Å². The maximum atomic E-state index is 4.53. The van der Waals surface area contributed by atoms with E-state index >= 15 is 0 Å². The van der Waals surface area contributed by atoms with Crippen LogP contribution in [0.25, 0.3) is 10.9 Å². The van der Waals surface area contributed by atoms with Gasteiger partial charge in [0.2, 0.25) is 0 Å². The number of rotatable bonds is 3. The lowest BCUT2D eigenvalue weighted by molar-refractivity contribution is 0.139. The van der Waals surface area contributed by atoms with Crippen LogP contribution in [-0.4, -0.2) is 42.1 Å². The van der Waals surface area contributed by atoms with Crippen LogP contribution >= 0.6 is 0 Å². The third kappa shape index (κ3) is 3.50. The van der Waals surface area contributed by atoms with Crippen molar-refractivity contribution in [3.05, 3.63) is 60.3 Å². The summed E-state index contributed by atoms with van der Waals surface area (Å²) >= 11 is 0. The molecule has 3 aromatic rings. The number of pyridine rings is 1. The molecule has 1 aliphatic heterocycles. The number of aromatic nitrogens is 1. The molecule has 4 rings (SSSR count). The van der Waals surface area contributed by atoms with Crippen LogP contribution in [0.5, 0.6) is 0 Å². The fraction of sp³-hybridized carbons (Fsp3) is 0.348. The molecular weight excluding hydrogens is 332 g/mol. The predicted molar refractivity (Wildman–Crippen MR) is 115 cm³/mol. The van der Waals surface area contributed by atoms with Crippen LogP contribution in [-0.2, 0) is 0 Å². The summed E-state index contributed by atoms with van der Waals surface area (Å²) in [4.78, 5) is 9.45. The van der Waals surface area contributed by atoms with Crippen LogP contribution < -0.4 is 10.2 Å². The van der Waals surface area contributed by atoms with Gasteiger partial charge in [0, 0.05) is 48.1 Å². The summed E-state index contributed by atoms with van der Waals surface area (Å²) in [7, 11) is 2.21. The van der Waals surface area contributed by atoms with Crippen molar-refractivity contribution in [2.75, 3.05) is 36.9 Å². The number of piperazine rings is 1. The second-order valence-electron chi connectivity index (χ2n) is 8.16. The van der Waals surface area contributed by atoms with Gasteiger partial charge in [-0.3, -0.25) is 9.88 Å². The van der Waals surface area contributed by atoms with Crippen molar-refractivity contribution in [3.63, 3.8) is 0 Å². The molecule has 2 heterocycles. The van der Waals surface area contributed by atoms with Crippen LogP contribution in [0.3, 0.4) is 0 Å². The van der Waals surface area contributed by atoms with Gasteiger partial charge in [-0.1, -0.05) is 18.2 Å². The predicted octanol–water partition coefficient (Wildman–Crippen LogP) is 4.82. The minimum Gasteiger partial charge on any atom is -0.368 e. The van der Waals surface area contributed by atoms with E-state index in [9.17, 15) is 0 Å². The van der Waals surface area contributed by atoms with Crippen LogP contribution in [0.15, 0.2) is 54.7 Å². The molecule has 140 valence electrons. The molecule has 0 unspecified atom stereocenters. The molecule has 1 saturated heterocycles. The Kier molecular flexibility index (Phi) is 4.52. The Balaban J connectivity index is 1.57. The van der Waals surface area contributed by atoms with E-state index in [1.54, 1.807) is 0 Å². The molecule has 0 saturated carbocycles. The quantitative estimate of drug-likeness (QED) is 0.726. The first-order valence-electron chi connectivity index (χ1n) is 9.62. The first-order valence-corrected chi connectivity index (χ1v) is 9.62. The van der Waals surface area contributed by atoms with Gasteiger partial charge >= 0.3 is 0 Å². The van der Waals surface area contributed by atoms with E-state index in [2.05, 4.69) is 90.4 Å². The molecule has 4 heteroatoms. The third-order valence-corrected chi connectivity index (χ3v) is 5.78. The highest BCUT2D eigenvalue weighted by Gasteiger charge is 2.30. The number of benzene rings is 2. The van der Waals surface area contributed by atoms with E-state index in [1.807, 2.05) is 12.3 Å². The molecule has 0 atom stereocenters. The maximum absolute atomic E-state index is 4.53. The normalized spacial score (nSPS) is 17.3. The van der Waals surface area contributed by atoms with Gasteiger partial charge in [-0.05, 0) is 63.7 Å². The second kappa shape index (κ2) is 6.86. The Hall–Kier alpha value is -2.59. The number of hydrogen-bond acceptors (Lipinski definition) is 4. The molecule has 0 aliphatic carbocycles. The lowest BCUT2D eigenvalue weighted by atomic mass is 9.99. The Morgan fingerprint density at radius 2 is 1.74 bits per heavy atom. The molecule has 0 radical (unpaired) electrons. The van der Waals surface area contributed by atoms with Crippen molar-refractivity contribution in [1.82, 2.24) is 9.88 Å². The van der Waals surface area contributed by atoms with E-state index in [4.69, 9.17) is 0 Å². The molecule has 1 aromatic heterocycles. The third-order valence-electron chi connectivity index (χ3n) is 5.78. The van der Waals surface area contributed by atoms with Crippen molar-refractivity contribution in [2.45, 2.75) is 26.3 Å². The lowest BCUT2D eigenvalue weighted by Crippen LogP contribution is -2.57. The van der Waals surface area contributed by atoms with Crippen LogP contribution in [0.1, 0.15) is 19.4 Å². The summed E-state index contributed by atoms with van der Waals surface area (Å²) in [6.45, 7) is 9.93. The van der Waals surface area contributed by atoms with Gasteiger partial charge in [0.1, 0.15) is 0 Å². The molecule has 1 fully saturated rings. The topological polar surface area (TPSA) is 31.4 Å². The SMILES string of the molecule is Cc1cnc2ccccc2c1Nc1ccc(N2CCN(C)C(C)(C)C2)cc1. The Morgan fingerprint density at radius 1 is 1.00 bits per heavy atom. The van der Waals surface area contributed by atoms with Crippen molar-refractivity contribution in [3.8, 4) is 0 Å². The average molecular weight is 361 g/mol. The highest BCUT2D eigenvalue weighted by atomic mass is 15.3. The minimum atomic E-state index is 0.197. The molecular formula is C23H28N4. The molecule has 1 N–H and O–H groups in total. The largest absolute Gasteiger partial charge is 0.368 e. The summed E-state index contributed by atoms with van der Waals surface area (Å²) in [6.07, 6.45) is 1.94. The van der Waals surface area contributed by atoms with E-state index in [1.165, 1.54) is 5.69 Å². The number of fused-ring (bicyclic) bond motifs is 1. The molecule has 1 aliphatic rings. The molecule has 0 bridgehead atoms. The number of aryl methyl sites for hydroxylation is 1. The monoisotopic (exact) mass is 360 g/mol. The van der Waals surface area contributed by atoms with E-state index in [0.29, 0.717) is 0 Å². The van der Waals surface area contributed by atoms with E-state index in [0.717, 1.165) is 47.5 Å². The zero-order valence-corrected chi connectivity index (χ0v) is 16.7. The van der Waals surface area contributed by atoms with Crippen molar-refractivity contribution < 1.29 is 0 Å². The fourth-order valence-corrected chi connectivity index (χ4v) is 3.77. The Morgan fingerprint density at radius 3 is 2.48 bits per heavy atom. The summed E-state index contributed by atoms with van der Waals surface area (Å²) in [5.74, 6) is 0. The molecule has 0 spiro atoms. The average Bonchev–Trinajstić information content (AvgIpc) is 2.67. The first-order chi connectivity index (χ1) is 12.9. The lowest BCUT2D eigenvalue weighted by Gasteiger charge is -2.46. The van der Waals surface area contributed by atoms with Crippen LogP contribution in [0.4, 0.5) is 17.1 Å². The van der Waals surface area contributed by atoms with Gasteiger partial charge in [-0.15, -0.1) is 0 Å².